The first kappa shape index (κ1) is 13.4. The maximum atomic E-state index is 13.0. The van der Waals surface area contributed by atoms with Crippen LogP contribution >= 0.6 is 11.3 Å². The minimum absolute atomic E-state index is 0.252. The first-order chi connectivity index (χ1) is 9.13. The number of nitrogens with one attached hydrogen (secondary N) is 1. The molecule has 0 atom stereocenters. The second-order valence-electron chi connectivity index (χ2n) is 3.63. The Morgan fingerprint density at radius 3 is 3.00 bits per heavy atom. The minimum Gasteiger partial charge on any atom is -0.494 e. The van der Waals surface area contributed by atoms with Crippen LogP contribution in [0.5, 0.6) is 5.75 Å². The monoisotopic (exact) mass is 281 g/mol. The first-order valence-electron chi connectivity index (χ1n) is 5.43. The first-order valence-corrected chi connectivity index (χ1v) is 6.31. The quantitative estimate of drug-likeness (QED) is 0.898. The lowest BCUT2D eigenvalue weighted by atomic mass is 10.2. The molecule has 3 N–H and O–H groups in total. The number of hydrogen-bond donors (Lipinski definition) is 2. The highest BCUT2D eigenvalue weighted by atomic mass is 32.1. The van der Waals surface area contributed by atoms with E-state index in [0.29, 0.717) is 10.7 Å². The number of hydrogen-bond acceptors (Lipinski definition) is 5. The van der Waals surface area contributed by atoms with Crippen molar-refractivity contribution < 1.29 is 13.9 Å². The van der Waals surface area contributed by atoms with Gasteiger partial charge in [0.15, 0.2) is 0 Å². The highest BCUT2D eigenvalue weighted by Crippen LogP contribution is 2.25. The van der Waals surface area contributed by atoms with E-state index in [-0.39, 0.29) is 23.9 Å². The van der Waals surface area contributed by atoms with E-state index in [9.17, 15) is 9.18 Å². The number of rotatable bonds is 4. The number of carbonyl (C=O) groups is 1. The lowest BCUT2D eigenvalue weighted by molar-refractivity contribution is 0.102. The summed E-state index contributed by atoms with van der Waals surface area (Å²) in [5, 5.41) is 4.91. The molecule has 1 aromatic heterocycles. The van der Waals surface area contributed by atoms with Gasteiger partial charge >= 0.3 is 0 Å². The number of nitrogens with zero attached hydrogens (tertiary/aromatic N) is 1. The van der Waals surface area contributed by atoms with E-state index in [1.54, 1.807) is 5.38 Å². The van der Waals surface area contributed by atoms with Crippen molar-refractivity contribution in [2.45, 2.75) is 6.54 Å². The number of benzene rings is 1. The van der Waals surface area contributed by atoms with E-state index < -0.39 is 5.82 Å². The van der Waals surface area contributed by atoms with Crippen molar-refractivity contribution in [1.29, 1.82) is 0 Å². The highest BCUT2D eigenvalue weighted by Gasteiger charge is 2.13. The maximum Gasteiger partial charge on any atom is 0.275 e. The van der Waals surface area contributed by atoms with Gasteiger partial charge in [0.1, 0.15) is 22.3 Å². The molecule has 0 spiro atoms. The Hall–Kier alpha value is -1.99. The highest BCUT2D eigenvalue weighted by molar-refractivity contribution is 7.09. The summed E-state index contributed by atoms with van der Waals surface area (Å²) >= 11 is 1.31. The molecule has 0 aliphatic rings. The van der Waals surface area contributed by atoms with Gasteiger partial charge < -0.3 is 15.8 Å². The fourth-order valence-electron chi connectivity index (χ4n) is 1.46. The van der Waals surface area contributed by atoms with Crippen molar-refractivity contribution in [2.24, 2.45) is 5.73 Å². The lowest BCUT2D eigenvalue weighted by Crippen LogP contribution is -2.13. The van der Waals surface area contributed by atoms with Crippen LogP contribution in [0.4, 0.5) is 10.1 Å². The minimum atomic E-state index is -0.436. The number of methoxy groups -OCH3 is 1. The second-order valence-corrected chi connectivity index (χ2v) is 4.57. The maximum absolute atomic E-state index is 13.0. The zero-order valence-corrected chi connectivity index (χ0v) is 11.0. The van der Waals surface area contributed by atoms with E-state index in [1.807, 2.05) is 0 Å². The Kier molecular flexibility index (Phi) is 4.08. The van der Waals surface area contributed by atoms with Gasteiger partial charge in [-0.2, -0.15) is 0 Å². The van der Waals surface area contributed by atoms with Crippen molar-refractivity contribution in [3.63, 3.8) is 0 Å². The lowest BCUT2D eigenvalue weighted by Gasteiger charge is -2.09. The molecule has 0 saturated carbocycles. The van der Waals surface area contributed by atoms with Gasteiger partial charge in [0.2, 0.25) is 0 Å². The number of ether oxygens (including phenoxy) is 1. The van der Waals surface area contributed by atoms with E-state index in [4.69, 9.17) is 10.5 Å². The van der Waals surface area contributed by atoms with Gasteiger partial charge in [0.25, 0.3) is 5.91 Å². The Bertz CT molecular complexity index is 600. The Balaban J connectivity index is 2.18. The summed E-state index contributed by atoms with van der Waals surface area (Å²) < 4.78 is 18.0. The third-order valence-corrected chi connectivity index (χ3v) is 3.24. The number of thiazole rings is 1. The van der Waals surface area contributed by atoms with E-state index >= 15 is 0 Å². The fourth-order valence-corrected chi connectivity index (χ4v) is 2.12. The van der Waals surface area contributed by atoms with Crippen LogP contribution in [-0.2, 0) is 6.54 Å². The molecule has 0 aliphatic carbocycles. The molecule has 0 aliphatic heterocycles. The number of nitrogens with two attached hydrogens (primary N) is 1. The molecule has 1 aromatic carbocycles. The van der Waals surface area contributed by atoms with Crippen molar-refractivity contribution >= 4 is 22.9 Å². The normalized spacial score (nSPS) is 10.3. The van der Waals surface area contributed by atoms with Crippen molar-refractivity contribution in [3.8, 4) is 5.75 Å². The largest absolute Gasteiger partial charge is 0.494 e. The zero-order chi connectivity index (χ0) is 13.8. The zero-order valence-electron chi connectivity index (χ0n) is 10.1. The summed E-state index contributed by atoms with van der Waals surface area (Å²) in [4.78, 5) is 16.0. The number of carbonyl (C=O) groups excluding carboxylic acids is 1. The Morgan fingerprint density at radius 1 is 1.58 bits per heavy atom. The molecule has 5 nitrogen and oxygen atoms in total. The molecule has 19 heavy (non-hydrogen) atoms. The summed E-state index contributed by atoms with van der Waals surface area (Å²) in [6.07, 6.45) is 0. The number of anilines is 1. The average molecular weight is 281 g/mol. The van der Waals surface area contributed by atoms with Crippen LogP contribution in [0.25, 0.3) is 0 Å². The molecule has 0 unspecified atom stereocenters. The number of aromatic nitrogens is 1. The van der Waals surface area contributed by atoms with Gasteiger partial charge in [-0.15, -0.1) is 11.3 Å². The van der Waals surface area contributed by atoms with Gasteiger partial charge in [-0.1, -0.05) is 0 Å². The van der Waals surface area contributed by atoms with Crippen LogP contribution in [0.3, 0.4) is 0 Å². The summed E-state index contributed by atoms with van der Waals surface area (Å²) in [5.74, 6) is -0.572. The van der Waals surface area contributed by atoms with E-state index in [2.05, 4.69) is 10.3 Å². The Labute approximate surface area is 113 Å². The van der Waals surface area contributed by atoms with Crippen LogP contribution in [0.1, 0.15) is 15.5 Å². The van der Waals surface area contributed by atoms with Crippen molar-refractivity contribution in [2.75, 3.05) is 12.4 Å². The summed E-state index contributed by atoms with van der Waals surface area (Å²) in [7, 11) is 1.40. The molecule has 0 saturated heterocycles. The smallest absolute Gasteiger partial charge is 0.275 e. The Morgan fingerprint density at radius 2 is 2.37 bits per heavy atom. The molecule has 100 valence electrons. The molecule has 7 heteroatoms. The molecule has 2 aromatic rings. The third-order valence-electron chi connectivity index (χ3n) is 2.37. The van der Waals surface area contributed by atoms with E-state index in [0.717, 1.165) is 0 Å². The predicted octanol–water partition coefficient (Wildman–Crippen LogP) is 2.00. The fraction of sp³-hybridized carbons (Fsp3) is 0.167. The van der Waals surface area contributed by atoms with Gasteiger partial charge in [0.05, 0.1) is 12.8 Å². The van der Waals surface area contributed by atoms with E-state index in [1.165, 1.54) is 36.6 Å². The van der Waals surface area contributed by atoms with Gasteiger partial charge in [0, 0.05) is 18.0 Å². The summed E-state index contributed by atoms with van der Waals surface area (Å²) in [5.41, 5.74) is 6.09. The second kappa shape index (κ2) is 5.77. The molecule has 0 radical (unpaired) electrons. The SMILES string of the molecule is COc1cc(F)ccc1NC(=O)c1csc(CN)n1. The van der Waals surface area contributed by atoms with Crippen molar-refractivity contribution in [1.82, 2.24) is 4.98 Å². The predicted molar refractivity (Wildman–Crippen MR) is 70.9 cm³/mol. The molecule has 1 heterocycles. The molecule has 1 amide bonds. The third kappa shape index (κ3) is 3.07. The molecule has 0 bridgehead atoms. The molecular formula is C12H12FN3O2S. The molecular weight excluding hydrogens is 269 g/mol. The van der Waals surface area contributed by atoms with Crippen LogP contribution in [0, 0.1) is 5.82 Å². The van der Waals surface area contributed by atoms with Crippen LogP contribution in [0.15, 0.2) is 23.6 Å². The standard InChI is InChI=1S/C12H12FN3O2S/c1-18-10-4-7(13)2-3-8(10)16-12(17)9-6-19-11(5-14)15-9/h2-4,6H,5,14H2,1H3,(H,16,17). The molecule has 2 rings (SSSR count). The topological polar surface area (TPSA) is 77.2 Å². The van der Waals surface area contributed by atoms with Gasteiger partial charge in [-0.3, -0.25) is 4.79 Å². The van der Waals surface area contributed by atoms with Gasteiger partial charge in [-0.05, 0) is 12.1 Å². The van der Waals surface area contributed by atoms with Crippen LogP contribution < -0.4 is 15.8 Å². The van der Waals surface area contributed by atoms with Crippen LogP contribution in [-0.4, -0.2) is 18.0 Å². The number of amides is 1. The number of halogens is 1. The molecule has 0 fully saturated rings. The van der Waals surface area contributed by atoms with Crippen molar-refractivity contribution in [3.05, 3.63) is 40.1 Å². The van der Waals surface area contributed by atoms with Gasteiger partial charge in [-0.25, -0.2) is 9.37 Å². The summed E-state index contributed by atoms with van der Waals surface area (Å²) in [6, 6.07) is 3.87. The summed E-state index contributed by atoms with van der Waals surface area (Å²) in [6.45, 7) is 0.290. The average Bonchev–Trinajstić information content (AvgIpc) is 2.89. The van der Waals surface area contributed by atoms with Crippen LogP contribution in [0.2, 0.25) is 0 Å².